The van der Waals surface area contributed by atoms with Crippen LogP contribution in [-0.2, 0) is 0 Å². The van der Waals surface area contributed by atoms with Crippen molar-refractivity contribution in [2.45, 2.75) is 6.42 Å². The minimum atomic E-state index is -0.841. The summed E-state index contributed by atoms with van der Waals surface area (Å²) in [6.45, 7) is 1.01. The van der Waals surface area contributed by atoms with E-state index in [9.17, 15) is 8.78 Å². The molecule has 0 saturated carbocycles. The monoisotopic (exact) mass is 240 g/mol. The molecule has 0 bridgehead atoms. The standard InChI is InChI=1S/C12H14F2N2O/c1-16(2)4-3-5-17-12-10(13)6-9(8-15)7-11(12)14/h6-7H,3-5H2,1-2H3. The molecule has 0 radical (unpaired) electrons. The Balaban J connectivity index is 2.63. The number of nitrogens with zero attached hydrogens (tertiary/aromatic N) is 2. The van der Waals surface area contributed by atoms with Crippen LogP contribution in [0.3, 0.4) is 0 Å². The van der Waals surface area contributed by atoms with Gasteiger partial charge in [0.2, 0.25) is 0 Å². The van der Waals surface area contributed by atoms with Gasteiger partial charge in [0.25, 0.3) is 0 Å². The Morgan fingerprint density at radius 3 is 2.35 bits per heavy atom. The van der Waals surface area contributed by atoms with Crippen LogP contribution < -0.4 is 4.74 Å². The molecule has 0 amide bonds. The third-order valence-electron chi connectivity index (χ3n) is 2.12. The van der Waals surface area contributed by atoms with E-state index >= 15 is 0 Å². The summed E-state index contributed by atoms with van der Waals surface area (Å²) in [6, 6.07) is 3.60. The molecule has 1 aromatic carbocycles. The van der Waals surface area contributed by atoms with Crippen LogP contribution >= 0.6 is 0 Å². The molecule has 0 spiro atoms. The van der Waals surface area contributed by atoms with Crippen molar-refractivity contribution in [2.75, 3.05) is 27.2 Å². The minimum absolute atomic E-state index is 0.0550. The highest BCUT2D eigenvalue weighted by Gasteiger charge is 2.12. The lowest BCUT2D eigenvalue weighted by atomic mass is 10.2. The molecule has 17 heavy (non-hydrogen) atoms. The van der Waals surface area contributed by atoms with E-state index in [1.165, 1.54) is 0 Å². The lowest BCUT2D eigenvalue weighted by Crippen LogP contribution is -2.16. The van der Waals surface area contributed by atoms with E-state index in [-0.39, 0.29) is 12.2 Å². The van der Waals surface area contributed by atoms with Crippen molar-refractivity contribution in [3.05, 3.63) is 29.3 Å². The van der Waals surface area contributed by atoms with E-state index < -0.39 is 17.4 Å². The molecule has 5 heteroatoms. The van der Waals surface area contributed by atoms with Gasteiger partial charge in [-0.3, -0.25) is 0 Å². The van der Waals surface area contributed by atoms with Crippen molar-refractivity contribution >= 4 is 0 Å². The molecular formula is C12H14F2N2O. The largest absolute Gasteiger partial charge is 0.488 e. The molecular weight excluding hydrogens is 226 g/mol. The summed E-state index contributed by atoms with van der Waals surface area (Å²) < 4.78 is 31.7. The van der Waals surface area contributed by atoms with Crippen molar-refractivity contribution in [1.29, 1.82) is 5.26 Å². The smallest absolute Gasteiger partial charge is 0.190 e. The number of hydrogen-bond donors (Lipinski definition) is 0. The van der Waals surface area contributed by atoms with Gasteiger partial charge in [-0.1, -0.05) is 0 Å². The quantitative estimate of drug-likeness (QED) is 0.740. The van der Waals surface area contributed by atoms with Gasteiger partial charge in [0.15, 0.2) is 17.4 Å². The summed E-state index contributed by atoms with van der Waals surface area (Å²) in [6.07, 6.45) is 0.673. The summed E-state index contributed by atoms with van der Waals surface area (Å²) in [7, 11) is 3.81. The normalized spacial score (nSPS) is 10.4. The van der Waals surface area contributed by atoms with Crippen LogP contribution in [0.4, 0.5) is 8.78 Å². The van der Waals surface area contributed by atoms with Gasteiger partial charge in [0.1, 0.15) is 0 Å². The Hall–Kier alpha value is -1.67. The van der Waals surface area contributed by atoms with Gasteiger partial charge in [0.05, 0.1) is 18.2 Å². The Labute approximate surface area is 99.2 Å². The third-order valence-corrected chi connectivity index (χ3v) is 2.12. The fourth-order valence-corrected chi connectivity index (χ4v) is 1.32. The van der Waals surface area contributed by atoms with Crippen LogP contribution in [0.15, 0.2) is 12.1 Å². The van der Waals surface area contributed by atoms with Gasteiger partial charge >= 0.3 is 0 Å². The van der Waals surface area contributed by atoms with Crippen molar-refractivity contribution in [1.82, 2.24) is 4.90 Å². The first-order valence-corrected chi connectivity index (χ1v) is 5.21. The van der Waals surface area contributed by atoms with E-state index in [0.717, 1.165) is 18.7 Å². The second-order valence-electron chi connectivity index (χ2n) is 3.89. The molecule has 0 aliphatic carbocycles. The lowest BCUT2D eigenvalue weighted by Gasteiger charge is -2.11. The average Bonchev–Trinajstić information content (AvgIpc) is 2.26. The molecule has 0 aliphatic rings. The van der Waals surface area contributed by atoms with Gasteiger partial charge in [0, 0.05) is 6.54 Å². The third kappa shape index (κ3) is 4.00. The molecule has 0 aromatic heterocycles. The van der Waals surface area contributed by atoms with Gasteiger partial charge in [-0.2, -0.15) is 5.26 Å². The topological polar surface area (TPSA) is 36.3 Å². The Kier molecular flexibility index (Phi) is 4.85. The van der Waals surface area contributed by atoms with Crippen molar-refractivity contribution in [3.8, 4) is 11.8 Å². The van der Waals surface area contributed by atoms with Crippen LogP contribution in [0.1, 0.15) is 12.0 Å². The van der Waals surface area contributed by atoms with Crippen molar-refractivity contribution in [3.63, 3.8) is 0 Å². The summed E-state index contributed by atoms with van der Waals surface area (Å²) in [5.41, 5.74) is -0.0550. The molecule has 0 saturated heterocycles. The van der Waals surface area contributed by atoms with Crippen LogP contribution in [0.2, 0.25) is 0 Å². The number of ether oxygens (including phenoxy) is 1. The highest BCUT2D eigenvalue weighted by molar-refractivity contribution is 5.37. The molecule has 3 nitrogen and oxygen atoms in total. The average molecular weight is 240 g/mol. The van der Waals surface area contributed by atoms with Gasteiger partial charge in [-0.25, -0.2) is 8.78 Å². The lowest BCUT2D eigenvalue weighted by molar-refractivity contribution is 0.259. The zero-order valence-electron chi connectivity index (χ0n) is 9.83. The Morgan fingerprint density at radius 1 is 1.29 bits per heavy atom. The summed E-state index contributed by atoms with van der Waals surface area (Å²) in [5, 5.41) is 8.52. The van der Waals surface area contributed by atoms with Gasteiger partial charge in [-0.05, 0) is 32.6 Å². The van der Waals surface area contributed by atoms with Gasteiger partial charge in [-0.15, -0.1) is 0 Å². The number of nitriles is 1. The maximum absolute atomic E-state index is 13.4. The molecule has 0 aliphatic heterocycles. The van der Waals surface area contributed by atoms with E-state index in [1.807, 2.05) is 19.0 Å². The fourth-order valence-electron chi connectivity index (χ4n) is 1.32. The number of hydrogen-bond acceptors (Lipinski definition) is 3. The summed E-state index contributed by atoms with van der Waals surface area (Å²) >= 11 is 0. The summed E-state index contributed by atoms with van der Waals surface area (Å²) in [5.74, 6) is -2.10. The first-order chi connectivity index (χ1) is 8.04. The predicted molar refractivity (Wildman–Crippen MR) is 59.7 cm³/mol. The first kappa shape index (κ1) is 13.4. The second-order valence-corrected chi connectivity index (χ2v) is 3.89. The maximum Gasteiger partial charge on any atom is 0.190 e. The van der Waals surface area contributed by atoms with Crippen molar-refractivity contribution in [2.24, 2.45) is 0 Å². The van der Waals surface area contributed by atoms with Crippen LogP contribution in [0, 0.1) is 23.0 Å². The molecule has 0 fully saturated rings. The zero-order chi connectivity index (χ0) is 12.8. The number of rotatable bonds is 5. The van der Waals surface area contributed by atoms with Crippen molar-refractivity contribution < 1.29 is 13.5 Å². The molecule has 0 N–H and O–H groups in total. The zero-order valence-corrected chi connectivity index (χ0v) is 9.83. The molecule has 1 rings (SSSR count). The van der Waals surface area contributed by atoms with Gasteiger partial charge < -0.3 is 9.64 Å². The molecule has 0 atom stereocenters. The first-order valence-electron chi connectivity index (χ1n) is 5.21. The molecule has 0 heterocycles. The maximum atomic E-state index is 13.4. The molecule has 92 valence electrons. The van der Waals surface area contributed by atoms with E-state index in [2.05, 4.69) is 0 Å². The molecule has 0 unspecified atom stereocenters. The SMILES string of the molecule is CN(C)CCCOc1c(F)cc(C#N)cc1F. The van der Waals surface area contributed by atoms with E-state index in [1.54, 1.807) is 6.07 Å². The second kappa shape index (κ2) is 6.16. The van der Waals surface area contributed by atoms with E-state index in [0.29, 0.717) is 6.42 Å². The highest BCUT2D eigenvalue weighted by atomic mass is 19.1. The van der Waals surface area contributed by atoms with Crippen LogP contribution in [0.5, 0.6) is 5.75 Å². The number of benzene rings is 1. The predicted octanol–water partition coefficient (Wildman–Crippen LogP) is 2.17. The van der Waals surface area contributed by atoms with Crippen LogP contribution in [0.25, 0.3) is 0 Å². The Morgan fingerprint density at radius 2 is 1.88 bits per heavy atom. The fraction of sp³-hybridized carbons (Fsp3) is 0.417. The number of halogens is 2. The summed E-state index contributed by atoms with van der Waals surface area (Å²) in [4.78, 5) is 1.95. The highest BCUT2D eigenvalue weighted by Crippen LogP contribution is 2.23. The van der Waals surface area contributed by atoms with Crippen LogP contribution in [-0.4, -0.2) is 32.1 Å². The molecule has 1 aromatic rings. The minimum Gasteiger partial charge on any atom is -0.488 e. The van der Waals surface area contributed by atoms with E-state index in [4.69, 9.17) is 10.00 Å². The Bertz CT molecular complexity index is 404.